The second kappa shape index (κ2) is 6.97. The number of rotatable bonds is 2. The molecule has 0 aliphatic carbocycles. The predicted octanol–water partition coefficient (Wildman–Crippen LogP) is 2.76. The van der Waals surface area contributed by atoms with Crippen LogP contribution in [0.15, 0.2) is 51.8 Å². The summed E-state index contributed by atoms with van der Waals surface area (Å²) in [4.78, 5) is 14.5. The molecule has 28 heavy (non-hydrogen) atoms. The molecule has 1 fully saturated rings. The number of hydrogen-bond acceptors (Lipinski definition) is 4. The number of sulfonamides is 1. The molecular formula is C19H17F2N3O3S. The van der Waals surface area contributed by atoms with Crippen LogP contribution < -0.4 is 5.32 Å². The highest BCUT2D eigenvalue weighted by Crippen LogP contribution is 2.30. The van der Waals surface area contributed by atoms with Gasteiger partial charge in [-0.05, 0) is 37.1 Å². The van der Waals surface area contributed by atoms with Crippen molar-refractivity contribution < 1.29 is 22.0 Å². The molecular weight excluding hydrogens is 388 g/mol. The molecule has 0 spiro atoms. The van der Waals surface area contributed by atoms with E-state index < -0.39 is 27.6 Å². The first-order chi connectivity index (χ1) is 13.3. The van der Waals surface area contributed by atoms with Crippen molar-refractivity contribution in [3.63, 3.8) is 0 Å². The maximum atomic E-state index is 13.3. The number of benzene rings is 2. The second-order valence-corrected chi connectivity index (χ2v) is 8.39. The van der Waals surface area contributed by atoms with E-state index >= 15 is 0 Å². The predicted molar refractivity (Wildman–Crippen MR) is 99.4 cm³/mol. The second-order valence-electron chi connectivity index (χ2n) is 6.82. The molecule has 2 heterocycles. The number of fused-ring (bicyclic) bond motifs is 1. The van der Waals surface area contributed by atoms with Gasteiger partial charge in [0.2, 0.25) is 5.91 Å². The number of anilines is 1. The standard InChI is InChI=1S/C19H17F2N3O3S/c20-13-8-14(21)10-15(9-13)22-19(25)12-4-3-7-24(11-12)18-16-5-1-2-6-17(16)28(26,27)23-18/h1-2,5-6,8-10,12H,3-4,7,11H2,(H,22,25). The Hall–Kier alpha value is -2.81. The van der Waals surface area contributed by atoms with Crippen LogP contribution >= 0.6 is 0 Å². The van der Waals surface area contributed by atoms with E-state index in [-0.39, 0.29) is 23.0 Å². The van der Waals surface area contributed by atoms with Crippen LogP contribution in [0.3, 0.4) is 0 Å². The van der Waals surface area contributed by atoms with E-state index in [0.29, 0.717) is 30.8 Å². The van der Waals surface area contributed by atoms with Gasteiger partial charge in [-0.2, -0.15) is 8.42 Å². The van der Waals surface area contributed by atoms with Crippen molar-refractivity contribution >= 4 is 27.5 Å². The topological polar surface area (TPSA) is 78.8 Å². The Balaban J connectivity index is 1.53. The number of amides is 1. The molecule has 2 aliphatic rings. The Bertz CT molecular complexity index is 1070. The summed E-state index contributed by atoms with van der Waals surface area (Å²) < 4.78 is 55.1. The van der Waals surface area contributed by atoms with Crippen LogP contribution in [-0.2, 0) is 14.8 Å². The van der Waals surface area contributed by atoms with Gasteiger partial charge in [-0.1, -0.05) is 12.1 Å². The molecule has 0 aromatic heterocycles. The number of likely N-dealkylation sites (tertiary alicyclic amines) is 1. The molecule has 6 nitrogen and oxygen atoms in total. The highest BCUT2D eigenvalue weighted by Gasteiger charge is 2.35. The quantitative estimate of drug-likeness (QED) is 0.833. The lowest BCUT2D eigenvalue weighted by Crippen LogP contribution is -2.43. The number of nitrogens with one attached hydrogen (secondary N) is 1. The molecule has 4 rings (SSSR count). The summed E-state index contributed by atoms with van der Waals surface area (Å²) in [6, 6.07) is 9.40. The van der Waals surface area contributed by atoms with Crippen molar-refractivity contribution in [2.45, 2.75) is 17.7 Å². The van der Waals surface area contributed by atoms with Crippen LogP contribution in [-0.4, -0.2) is 38.2 Å². The van der Waals surface area contributed by atoms with Gasteiger partial charge in [0.1, 0.15) is 16.5 Å². The maximum absolute atomic E-state index is 13.3. The molecule has 1 atom stereocenters. The molecule has 0 bridgehead atoms. The van der Waals surface area contributed by atoms with Gasteiger partial charge in [0, 0.05) is 30.4 Å². The largest absolute Gasteiger partial charge is 0.355 e. The van der Waals surface area contributed by atoms with Crippen molar-refractivity contribution in [3.8, 4) is 0 Å². The third kappa shape index (κ3) is 3.49. The number of halogens is 2. The number of carbonyl (C=O) groups is 1. The number of piperidine rings is 1. The molecule has 1 amide bonds. The smallest absolute Gasteiger partial charge is 0.285 e. The lowest BCUT2D eigenvalue weighted by molar-refractivity contribution is -0.121. The van der Waals surface area contributed by atoms with Crippen molar-refractivity contribution in [2.24, 2.45) is 10.3 Å². The van der Waals surface area contributed by atoms with E-state index in [1.165, 1.54) is 6.07 Å². The third-order valence-electron chi connectivity index (χ3n) is 4.83. The first-order valence-corrected chi connectivity index (χ1v) is 10.2. The van der Waals surface area contributed by atoms with Gasteiger partial charge < -0.3 is 10.2 Å². The fourth-order valence-electron chi connectivity index (χ4n) is 3.57. The summed E-state index contributed by atoms with van der Waals surface area (Å²) >= 11 is 0. The fraction of sp³-hybridized carbons (Fsp3) is 0.263. The average molecular weight is 405 g/mol. The van der Waals surface area contributed by atoms with E-state index in [1.54, 1.807) is 23.1 Å². The van der Waals surface area contributed by atoms with Crippen LogP contribution in [0.2, 0.25) is 0 Å². The van der Waals surface area contributed by atoms with Crippen molar-refractivity contribution in [1.82, 2.24) is 4.90 Å². The Labute approximate surface area is 160 Å². The van der Waals surface area contributed by atoms with Gasteiger partial charge in [-0.3, -0.25) is 4.79 Å². The van der Waals surface area contributed by atoms with Gasteiger partial charge in [-0.25, -0.2) is 8.78 Å². The molecule has 0 saturated carbocycles. The molecule has 1 saturated heterocycles. The van der Waals surface area contributed by atoms with Gasteiger partial charge in [0.25, 0.3) is 10.0 Å². The molecule has 2 aliphatic heterocycles. The zero-order valence-corrected chi connectivity index (χ0v) is 15.5. The summed E-state index contributed by atoms with van der Waals surface area (Å²) in [6.07, 6.45) is 1.25. The van der Waals surface area contributed by atoms with Gasteiger partial charge in [-0.15, -0.1) is 4.40 Å². The number of nitrogens with zero attached hydrogens (tertiary/aromatic N) is 2. The minimum Gasteiger partial charge on any atom is -0.355 e. The Kier molecular flexibility index (Phi) is 4.62. The molecule has 1 unspecified atom stereocenters. The Morgan fingerprint density at radius 2 is 1.86 bits per heavy atom. The van der Waals surface area contributed by atoms with Gasteiger partial charge in [0.05, 0.1) is 5.92 Å². The number of carbonyl (C=O) groups excluding carboxylic acids is 1. The summed E-state index contributed by atoms with van der Waals surface area (Å²) in [5.74, 6) is -2.04. The first-order valence-electron chi connectivity index (χ1n) is 8.80. The first kappa shape index (κ1) is 18.5. The molecule has 2 aromatic rings. The molecule has 146 valence electrons. The normalized spacial score (nSPS) is 20.4. The van der Waals surface area contributed by atoms with E-state index in [1.807, 2.05) is 0 Å². The van der Waals surface area contributed by atoms with Crippen LogP contribution in [0.25, 0.3) is 0 Å². The summed E-state index contributed by atoms with van der Waals surface area (Å²) in [5.41, 5.74) is 0.571. The minimum absolute atomic E-state index is 0.0470. The van der Waals surface area contributed by atoms with Crippen molar-refractivity contribution in [3.05, 3.63) is 59.7 Å². The van der Waals surface area contributed by atoms with E-state index in [4.69, 9.17) is 0 Å². The molecule has 0 radical (unpaired) electrons. The average Bonchev–Trinajstić information content (AvgIpc) is 2.93. The SMILES string of the molecule is O=C(Nc1cc(F)cc(F)c1)C1CCCN(C2=NS(=O)(=O)c3ccccc32)C1. The maximum Gasteiger partial charge on any atom is 0.285 e. The minimum atomic E-state index is -3.74. The Morgan fingerprint density at radius 3 is 2.61 bits per heavy atom. The van der Waals surface area contributed by atoms with E-state index in [9.17, 15) is 22.0 Å². The summed E-state index contributed by atoms with van der Waals surface area (Å²) in [5, 5.41) is 2.54. The Morgan fingerprint density at radius 1 is 1.14 bits per heavy atom. The monoisotopic (exact) mass is 405 g/mol. The third-order valence-corrected chi connectivity index (χ3v) is 6.16. The van der Waals surface area contributed by atoms with Crippen LogP contribution in [0.1, 0.15) is 18.4 Å². The zero-order valence-electron chi connectivity index (χ0n) is 14.7. The number of hydrogen-bond donors (Lipinski definition) is 1. The van der Waals surface area contributed by atoms with Crippen LogP contribution in [0.4, 0.5) is 14.5 Å². The number of amidine groups is 1. The van der Waals surface area contributed by atoms with Crippen LogP contribution in [0, 0.1) is 17.6 Å². The lowest BCUT2D eigenvalue weighted by Gasteiger charge is -2.33. The van der Waals surface area contributed by atoms with Crippen molar-refractivity contribution in [2.75, 3.05) is 18.4 Å². The van der Waals surface area contributed by atoms with Gasteiger partial charge in [0.15, 0.2) is 5.84 Å². The molecule has 2 aromatic carbocycles. The molecule has 1 N–H and O–H groups in total. The molecule has 9 heteroatoms. The van der Waals surface area contributed by atoms with Crippen LogP contribution in [0.5, 0.6) is 0 Å². The summed E-state index contributed by atoms with van der Waals surface area (Å²) in [7, 11) is -3.74. The zero-order chi connectivity index (χ0) is 19.9. The highest BCUT2D eigenvalue weighted by molar-refractivity contribution is 7.90. The van der Waals surface area contributed by atoms with E-state index in [2.05, 4.69) is 9.71 Å². The highest BCUT2D eigenvalue weighted by atomic mass is 32.2. The fourth-order valence-corrected chi connectivity index (χ4v) is 4.80. The van der Waals surface area contributed by atoms with Crippen molar-refractivity contribution in [1.29, 1.82) is 0 Å². The van der Waals surface area contributed by atoms with E-state index in [0.717, 1.165) is 18.2 Å². The van der Waals surface area contributed by atoms with Gasteiger partial charge >= 0.3 is 0 Å². The lowest BCUT2D eigenvalue weighted by atomic mass is 9.96. The summed E-state index contributed by atoms with van der Waals surface area (Å²) in [6.45, 7) is 0.841.